The third-order valence-corrected chi connectivity index (χ3v) is 5.72. The number of benzene rings is 4. The predicted octanol–water partition coefficient (Wildman–Crippen LogP) is 4.78. The third kappa shape index (κ3) is 7.93. The van der Waals surface area contributed by atoms with Crippen molar-refractivity contribution in [2.75, 3.05) is 25.6 Å². The normalized spacial score (nSPS) is 10.4. The molecule has 0 aliphatic heterocycles. The Bertz CT molecular complexity index is 1350. The molecule has 2 amide bonds. The summed E-state index contributed by atoms with van der Waals surface area (Å²) in [5.41, 5.74) is 2.66. The first kappa shape index (κ1) is 26.9. The van der Waals surface area contributed by atoms with Gasteiger partial charge in [0.2, 0.25) is 0 Å². The zero-order chi connectivity index (χ0) is 27.5. The molecular formula is C31H28N2O6. The predicted molar refractivity (Wildman–Crippen MR) is 147 cm³/mol. The Morgan fingerprint density at radius 2 is 1.33 bits per heavy atom. The molecule has 39 heavy (non-hydrogen) atoms. The Morgan fingerprint density at radius 3 is 1.95 bits per heavy atom. The van der Waals surface area contributed by atoms with E-state index >= 15 is 0 Å². The van der Waals surface area contributed by atoms with Crippen molar-refractivity contribution < 1.29 is 28.6 Å². The minimum absolute atomic E-state index is 0.217. The van der Waals surface area contributed by atoms with Crippen molar-refractivity contribution in [1.82, 2.24) is 5.32 Å². The van der Waals surface area contributed by atoms with E-state index in [9.17, 15) is 14.4 Å². The molecule has 0 atom stereocenters. The number of hydrogen-bond acceptors (Lipinski definition) is 6. The van der Waals surface area contributed by atoms with Gasteiger partial charge in [0.25, 0.3) is 11.8 Å². The van der Waals surface area contributed by atoms with E-state index in [-0.39, 0.29) is 24.1 Å². The van der Waals surface area contributed by atoms with Gasteiger partial charge in [0.1, 0.15) is 11.5 Å². The average molecular weight is 525 g/mol. The Labute approximate surface area is 226 Å². The number of carbonyl (C=O) groups is 3. The molecule has 0 bridgehead atoms. The minimum Gasteiger partial charge on any atom is -0.497 e. The van der Waals surface area contributed by atoms with Crippen molar-refractivity contribution in [2.24, 2.45) is 0 Å². The summed E-state index contributed by atoms with van der Waals surface area (Å²) >= 11 is 0. The summed E-state index contributed by atoms with van der Waals surface area (Å²) in [4.78, 5) is 37.3. The van der Waals surface area contributed by atoms with Gasteiger partial charge in [-0.25, -0.2) is 4.79 Å². The lowest BCUT2D eigenvalue weighted by atomic mass is 9.99. The molecule has 0 fully saturated rings. The van der Waals surface area contributed by atoms with E-state index in [1.54, 1.807) is 43.5 Å². The van der Waals surface area contributed by atoms with Gasteiger partial charge in [0, 0.05) is 11.8 Å². The fourth-order valence-electron chi connectivity index (χ4n) is 3.80. The topological polar surface area (TPSA) is 103 Å². The second-order valence-corrected chi connectivity index (χ2v) is 8.49. The molecule has 0 saturated heterocycles. The largest absolute Gasteiger partial charge is 0.497 e. The van der Waals surface area contributed by atoms with Crippen LogP contribution in [-0.4, -0.2) is 38.1 Å². The molecule has 4 aromatic carbocycles. The Morgan fingerprint density at radius 1 is 0.692 bits per heavy atom. The molecule has 8 heteroatoms. The maximum atomic E-state index is 12.7. The van der Waals surface area contributed by atoms with Crippen molar-refractivity contribution in [3.8, 4) is 11.5 Å². The fraction of sp³-hybridized carbons (Fsp3) is 0.129. The number of esters is 1. The quantitative estimate of drug-likeness (QED) is 0.274. The summed E-state index contributed by atoms with van der Waals surface area (Å²) in [6.07, 6.45) is 0. The van der Waals surface area contributed by atoms with Crippen molar-refractivity contribution in [2.45, 2.75) is 6.04 Å². The molecule has 0 saturated carbocycles. The monoisotopic (exact) mass is 524 g/mol. The number of carbonyl (C=O) groups excluding carboxylic acids is 3. The number of ether oxygens (including phenoxy) is 3. The van der Waals surface area contributed by atoms with Gasteiger partial charge >= 0.3 is 5.97 Å². The minimum atomic E-state index is -0.650. The van der Waals surface area contributed by atoms with Crippen molar-refractivity contribution in [3.63, 3.8) is 0 Å². The first-order valence-corrected chi connectivity index (χ1v) is 12.2. The Balaban J connectivity index is 1.26. The second-order valence-electron chi connectivity index (χ2n) is 8.49. The van der Waals surface area contributed by atoms with Gasteiger partial charge < -0.3 is 24.8 Å². The van der Waals surface area contributed by atoms with Gasteiger partial charge in [-0.2, -0.15) is 0 Å². The summed E-state index contributed by atoms with van der Waals surface area (Å²) < 4.78 is 15.9. The third-order valence-electron chi connectivity index (χ3n) is 5.72. The van der Waals surface area contributed by atoms with Crippen LogP contribution in [-0.2, 0) is 14.3 Å². The van der Waals surface area contributed by atoms with Crippen LogP contribution in [0.1, 0.15) is 27.5 Å². The van der Waals surface area contributed by atoms with E-state index in [0.29, 0.717) is 17.2 Å². The number of amides is 2. The van der Waals surface area contributed by atoms with Gasteiger partial charge in [0.05, 0.1) is 18.7 Å². The van der Waals surface area contributed by atoms with Crippen LogP contribution in [0.4, 0.5) is 5.69 Å². The molecule has 8 nitrogen and oxygen atoms in total. The fourth-order valence-corrected chi connectivity index (χ4v) is 3.80. The second kappa shape index (κ2) is 13.4. The van der Waals surface area contributed by atoms with Gasteiger partial charge in [-0.1, -0.05) is 66.7 Å². The lowest BCUT2D eigenvalue weighted by molar-refractivity contribution is -0.124. The van der Waals surface area contributed by atoms with E-state index in [4.69, 9.17) is 14.2 Å². The SMILES string of the molecule is COc1cccc(NC(=O)COc2ccc(C(=O)OCC(=O)NC(c3ccccc3)c3ccccc3)cc2)c1. The summed E-state index contributed by atoms with van der Waals surface area (Å²) in [6, 6.07) is 31.8. The van der Waals surface area contributed by atoms with Crippen LogP contribution in [0.3, 0.4) is 0 Å². The zero-order valence-electron chi connectivity index (χ0n) is 21.3. The molecule has 0 aliphatic carbocycles. The molecule has 198 valence electrons. The summed E-state index contributed by atoms with van der Waals surface area (Å²) in [5, 5.41) is 5.66. The van der Waals surface area contributed by atoms with Gasteiger partial charge in [-0.3, -0.25) is 9.59 Å². The lowest BCUT2D eigenvalue weighted by Crippen LogP contribution is -2.33. The lowest BCUT2D eigenvalue weighted by Gasteiger charge is -2.20. The van der Waals surface area contributed by atoms with E-state index in [1.165, 1.54) is 12.1 Å². The summed E-state index contributed by atoms with van der Waals surface area (Å²) in [5.74, 6) is -0.395. The first-order chi connectivity index (χ1) is 19.0. The molecule has 4 rings (SSSR count). The van der Waals surface area contributed by atoms with E-state index in [2.05, 4.69) is 10.6 Å². The Kier molecular flexibility index (Phi) is 9.28. The molecular weight excluding hydrogens is 496 g/mol. The molecule has 0 spiro atoms. The van der Waals surface area contributed by atoms with E-state index in [0.717, 1.165) is 11.1 Å². The van der Waals surface area contributed by atoms with Crippen LogP contribution >= 0.6 is 0 Å². The van der Waals surface area contributed by atoms with Crippen LogP contribution in [0.2, 0.25) is 0 Å². The number of rotatable bonds is 11. The maximum Gasteiger partial charge on any atom is 0.338 e. The van der Waals surface area contributed by atoms with Crippen molar-refractivity contribution in [1.29, 1.82) is 0 Å². The standard InChI is InChI=1S/C31H28N2O6/c1-37-27-14-8-13-25(19-27)32-28(34)20-38-26-17-15-24(16-18-26)31(36)39-21-29(35)33-30(22-9-4-2-5-10-22)23-11-6-3-7-12-23/h2-19,30H,20-21H2,1H3,(H,32,34)(H,33,35). The number of anilines is 1. The van der Waals surface area contributed by atoms with E-state index in [1.807, 2.05) is 60.7 Å². The molecule has 2 N–H and O–H groups in total. The first-order valence-electron chi connectivity index (χ1n) is 12.2. The molecule has 0 unspecified atom stereocenters. The van der Waals surface area contributed by atoms with Gasteiger partial charge in [-0.15, -0.1) is 0 Å². The molecule has 4 aromatic rings. The van der Waals surface area contributed by atoms with Crippen molar-refractivity contribution in [3.05, 3.63) is 126 Å². The summed E-state index contributed by atoms with van der Waals surface area (Å²) in [6.45, 7) is -0.650. The zero-order valence-corrected chi connectivity index (χ0v) is 21.3. The number of methoxy groups -OCH3 is 1. The highest BCUT2D eigenvalue weighted by atomic mass is 16.5. The molecule has 0 radical (unpaired) electrons. The van der Waals surface area contributed by atoms with Crippen molar-refractivity contribution >= 4 is 23.5 Å². The number of nitrogens with one attached hydrogen (secondary N) is 2. The highest BCUT2D eigenvalue weighted by molar-refractivity contribution is 5.92. The smallest absolute Gasteiger partial charge is 0.338 e. The van der Waals surface area contributed by atoms with Crippen LogP contribution in [0.5, 0.6) is 11.5 Å². The molecule has 0 aromatic heterocycles. The summed E-state index contributed by atoms with van der Waals surface area (Å²) in [7, 11) is 1.55. The van der Waals surface area contributed by atoms with Crippen LogP contribution in [0, 0.1) is 0 Å². The average Bonchev–Trinajstić information content (AvgIpc) is 2.99. The van der Waals surface area contributed by atoms with Crippen LogP contribution in [0.15, 0.2) is 109 Å². The highest BCUT2D eigenvalue weighted by Gasteiger charge is 2.18. The molecule has 0 aliphatic rings. The number of hydrogen-bond donors (Lipinski definition) is 2. The highest BCUT2D eigenvalue weighted by Crippen LogP contribution is 2.22. The van der Waals surface area contributed by atoms with E-state index < -0.39 is 18.5 Å². The molecule has 0 heterocycles. The maximum absolute atomic E-state index is 12.7. The van der Waals surface area contributed by atoms with Gasteiger partial charge in [0.15, 0.2) is 13.2 Å². The van der Waals surface area contributed by atoms with Gasteiger partial charge in [-0.05, 0) is 47.5 Å². The van der Waals surface area contributed by atoms with Crippen LogP contribution in [0.25, 0.3) is 0 Å². The Hall–Kier alpha value is -5.11. The van der Waals surface area contributed by atoms with Crippen LogP contribution < -0.4 is 20.1 Å².